The molecule has 174 valence electrons. The van der Waals surface area contributed by atoms with Gasteiger partial charge in [0.2, 0.25) is 10.0 Å². The monoisotopic (exact) mass is 456 g/mol. The van der Waals surface area contributed by atoms with Crippen molar-refractivity contribution in [2.45, 2.75) is 76.7 Å². The zero-order valence-corrected chi connectivity index (χ0v) is 20.8. The summed E-state index contributed by atoms with van der Waals surface area (Å²) < 4.78 is 27.9. The van der Waals surface area contributed by atoms with E-state index in [-0.39, 0.29) is 22.3 Å². The highest BCUT2D eigenvalue weighted by molar-refractivity contribution is 7.89. The summed E-state index contributed by atoms with van der Waals surface area (Å²) in [5, 5.41) is 3.03. The molecule has 1 unspecified atom stereocenters. The molecule has 1 amide bonds. The van der Waals surface area contributed by atoms with E-state index in [9.17, 15) is 13.2 Å². The molecular formula is C26H36N2O3S. The van der Waals surface area contributed by atoms with Crippen LogP contribution < -0.4 is 5.32 Å². The molecule has 2 aromatic carbocycles. The van der Waals surface area contributed by atoms with E-state index in [4.69, 9.17) is 0 Å². The first-order valence-electron chi connectivity index (χ1n) is 11.5. The molecule has 0 saturated carbocycles. The molecular weight excluding hydrogens is 420 g/mol. The topological polar surface area (TPSA) is 66.5 Å². The lowest BCUT2D eigenvalue weighted by molar-refractivity contribution is 0.0939. The van der Waals surface area contributed by atoms with E-state index >= 15 is 0 Å². The fourth-order valence-corrected chi connectivity index (χ4v) is 5.61. The van der Waals surface area contributed by atoms with Gasteiger partial charge in [0.15, 0.2) is 0 Å². The van der Waals surface area contributed by atoms with Crippen LogP contribution in [0.15, 0.2) is 47.4 Å². The van der Waals surface area contributed by atoms with Gasteiger partial charge in [-0.3, -0.25) is 4.79 Å². The highest BCUT2D eigenvalue weighted by Gasteiger charge is 2.26. The molecule has 0 radical (unpaired) electrons. The largest absolute Gasteiger partial charge is 0.346 e. The maximum atomic E-state index is 13.2. The molecule has 1 aliphatic heterocycles. The van der Waals surface area contributed by atoms with Crippen LogP contribution in [0, 0.1) is 6.92 Å². The Bertz CT molecular complexity index is 1050. The minimum atomic E-state index is -3.60. The third kappa shape index (κ3) is 5.59. The van der Waals surface area contributed by atoms with Crippen molar-refractivity contribution in [3.63, 3.8) is 0 Å². The van der Waals surface area contributed by atoms with Crippen LogP contribution in [0.2, 0.25) is 0 Å². The summed E-state index contributed by atoms with van der Waals surface area (Å²) in [6.07, 6.45) is 3.87. The minimum absolute atomic E-state index is 0.0709. The number of rotatable bonds is 5. The molecule has 1 N–H and O–H groups in total. The third-order valence-electron chi connectivity index (χ3n) is 6.28. The molecule has 1 saturated heterocycles. The first-order chi connectivity index (χ1) is 15.0. The summed E-state index contributed by atoms with van der Waals surface area (Å²) >= 11 is 0. The molecule has 0 spiro atoms. The van der Waals surface area contributed by atoms with Crippen LogP contribution >= 0.6 is 0 Å². The Morgan fingerprint density at radius 2 is 1.56 bits per heavy atom. The second-order valence-corrected chi connectivity index (χ2v) is 11.8. The van der Waals surface area contributed by atoms with E-state index in [0.29, 0.717) is 18.7 Å². The van der Waals surface area contributed by atoms with Crippen LogP contribution in [0.4, 0.5) is 0 Å². The third-order valence-corrected chi connectivity index (χ3v) is 8.18. The lowest BCUT2D eigenvalue weighted by atomic mass is 9.86. The van der Waals surface area contributed by atoms with Crippen LogP contribution in [-0.2, 0) is 15.4 Å². The Morgan fingerprint density at radius 3 is 2.12 bits per heavy atom. The molecule has 1 heterocycles. The molecule has 6 heteroatoms. The number of nitrogens with one attached hydrogen (secondary N) is 1. The van der Waals surface area contributed by atoms with Crippen molar-refractivity contribution in [2.24, 2.45) is 0 Å². The van der Waals surface area contributed by atoms with Crippen molar-refractivity contribution < 1.29 is 13.2 Å². The van der Waals surface area contributed by atoms with E-state index in [2.05, 4.69) is 38.2 Å². The summed E-state index contributed by atoms with van der Waals surface area (Å²) in [4.78, 5) is 13.3. The Labute approximate surface area is 193 Å². The van der Waals surface area contributed by atoms with E-state index in [0.717, 1.165) is 36.8 Å². The Morgan fingerprint density at radius 1 is 0.969 bits per heavy atom. The maximum absolute atomic E-state index is 13.2. The van der Waals surface area contributed by atoms with Gasteiger partial charge >= 0.3 is 0 Å². The molecule has 1 fully saturated rings. The summed E-state index contributed by atoms with van der Waals surface area (Å²) in [7, 11) is -3.60. The Hall–Kier alpha value is -2.18. The minimum Gasteiger partial charge on any atom is -0.346 e. The van der Waals surface area contributed by atoms with Gasteiger partial charge in [0.1, 0.15) is 0 Å². The van der Waals surface area contributed by atoms with Crippen molar-refractivity contribution >= 4 is 15.9 Å². The molecule has 2 aromatic rings. The van der Waals surface area contributed by atoms with Crippen molar-refractivity contribution in [1.82, 2.24) is 9.62 Å². The van der Waals surface area contributed by atoms with Gasteiger partial charge in [-0.05, 0) is 60.9 Å². The van der Waals surface area contributed by atoms with Crippen LogP contribution in [0.3, 0.4) is 0 Å². The fourth-order valence-electron chi connectivity index (χ4n) is 4.07. The van der Waals surface area contributed by atoms with Gasteiger partial charge in [0, 0.05) is 18.7 Å². The van der Waals surface area contributed by atoms with E-state index in [1.54, 1.807) is 16.4 Å². The summed E-state index contributed by atoms with van der Waals surface area (Å²) in [5.41, 5.74) is 3.48. The lowest BCUT2D eigenvalue weighted by Crippen LogP contribution is -2.32. The summed E-state index contributed by atoms with van der Waals surface area (Å²) in [6.45, 7) is 11.4. The smallest absolute Gasteiger partial charge is 0.252 e. The van der Waals surface area contributed by atoms with E-state index < -0.39 is 10.0 Å². The predicted octanol–water partition coefficient (Wildman–Crippen LogP) is 5.35. The van der Waals surface area contributed by atoms with Crippen molar-refractivity contribution in [3.8, 4) is 0 Å². The molecule has 1 aliphatic rings. The molecule has 1 atom stereocenters. The number of aryl methyl sites for hydroxylation is 1. The number of benzene rings is 2. The number of carbonyl (C=O) groups is 1. The number of hydrogen-bond donors (Lipinski definition) is 1. The van der Waals surface area contributed by atoms with E-state index in [1.165, 1.54) is 11.6 Å². The Balaban J connectivity index is 1.79. The van der Waals surface area contributed by atoms with Gasteiger partial charge in [-0.15, -0.1) is 0 Å². The number of hydrogen-bond acceptors (Lipinski definition) is 3. The predicted molar refractivity (Wildman–Crippen MR) is 129 cm³/mol. The van der Waals surface area contributed by atoms with Crippen molar-refractivity contribution in [1.29, 1.82) is 0 Å². The zero-order chi connectivity index (χ0) is 23.5. The molecule has 0 aromatic heterocycles. The second-order valence-electron chi connectivity index (χ2n) is 9.86. The number of carbonyl (C=O) groups excluding carboxylic acids is 1. The highest BCUT2D eigenvalue weighted by Crippen LogP contribution is 2.25. The molecule has 0 aliphatic carbocycles. The fraction of sp³-hybridized carbons (Fsp3) is 0.500. The van der Waals surface area contributed by atoms with Gasteiger partial charge in [0.05, 0.1) is 10.9 Å². The van der Waals surface area contributed by atoms with Crippen LogP contribution in [-0.4, -0.2) is 31.7 Å². The van der Waals surface area contributed by atoms with Crippen molar-refractivity contribution in [3.05, 3.63) is 64.7 Å². The lowest BCUT2D eigenvalue weighted by Gasteiger charge is -2.22. The number of amides is 1. The quantitative estimate of drug-likeness (QED) is 0.660. The van der Waals surface area contributed by atoms with Gasteiger partial charge < -0.3 is 5.32 Å². The van der Waals surface area contributed by atoms with Crippen LogP contribution in [0.1, 0.15) is 86.5 Å². The van der Waals surface area contributed by atoms with Crippen LogP contribution in [0.25, 0.3) is 0 Å². The van der Waals surface area contributed by atoms with Crippen LogP contribution in [0.5, 0.6) is 0 Å². The zero-order valence-electron chi connectivity index (χ0n) is 19.9. The van der Waals surface area contributed by atoms with Gasteiger partial charge in [-0.2, -0.15) is 4.31 Å². The molecule has 3 rings (SSSR count). The van der Waals surface area contributed by atoms with Crippen molar-refractivity contribution in [2.75, 3.05) is 13.1 Å². The second kappa shape index (κ2) is 9.75. The number of sulfonamides is 1. The van der Waals surface area contributed by atoms with Gasteiger partial charge in [-0.1, -0.05) is 63.9 Å². The molecule has 0 bridgehead atoms. The molecule has 32 heavy (non-hydrogen) atoms. The van der Waals surface area contributed by atoms with E-state index in [1.807, 2.05) is 26.0 Å². The molecule has 5 nitrogen and oxygen atoms in total. The SMILES string of the molecule is Cc1ccc(S(=O)(=O)N2CCCCCC2)cc1C(=O)NC(C)c1ccc(C(C)(C)C)cc1. The Kier molecular flexibility index (Phi) is 7.46. The first kappa shape index (κ1) is 24.5. The maximum Gasteiger partial charge on any atom is 0.252 e. The summed E-state index contributed by atoms with van der Waals surface area (Å²) in [5.74, 6) is -0.261. The average molecular weight is 457 g/mol. The van der Waals surface area contributed by atoms with Gasteiger partial charge in [0.25, 0.3) is 5.91 Å². The highest BCUT2D eigenvalue weighted by atomic mass is 32.2. The average Bonchev–Trinajstić information content (AvgIpc) is 3.03. The summed E-state index contributed by atoms with van der Waals surface area (Å²) in [6, 6.07) is 12.9. The van der Waals surface area contributed by atoms with Gasteiger partial charge in [-0.25, -0.2) is 8.42 Å². The first-order valence-corrected chi connectivity index (χ1v) is 13.0. The normalized spacial score (nSPS) is 16.9. The number of nitrogens with zero attached hydrogens (tertiary/aromatic N) is 1. The standard InChI is InChI=1S/C26H36N2O3S/c1-19-10-15-23(32(30,31)28-16-8-6-7-9-17-28)18-24(19)25(29)27-20(2)21-11-13-22(14-12-21)26(3,4)5/h10-15,18,20H,6-9,16-17H2,1-5H3,(H,27,29).